The van der Waals surface area contributed by atoms with Crippen molar-refractivity contribution in [2.45, 2.75) is 78.2 Å². The Labute approximate surface area is 135 Å². The minimum absolute atomic E-state index is 0.0369. The van der Waals surface area contributed by atoms with Gasteiger partial charge in [-0.1, -0.05) is 37.1 Å². The molecule has 2 unspecified atom stereocenters. The van der Waals surface area contributed by atoms with Gasteiger partial charge in [0.1, 0.15) is 0 Å². The molecule has 3 saturated carbocycles. The van der Waals surface area contributed by atoms with Crippen LogP contribution in [0.15, 0.2) is 23.3 Å². The lowest BCUT2D eigenvalue weighted by atomic mass is 9.49. The summed E-state index contributed by atoms with van der Waals surface area (Å²) in [7, 11) is 0. The van der Waals surface area contributed by atoms with Gasteiger partial charge in [0.2, 0.25) is 0 Å². The van der Waals surface area contributed by atoms with E-state index in [-0.39, 0.29) is 6.10 Å². The number of aliphatic hydroxyl groups excluding tert-OH is 1. The quantitative estimate of drug-likeness (QED) is 0.605. The number of fused-ring (bicyclic) bond motifs is 5. The molecule has 1 N–H and O–H groups in total. The highest BCUT2D eigenvalue weighted by atomic mass is 16.3. The normalized spacial score (nSPS) is 52.7. The molecule has 0 amide bonds. The van der Waals surface area contributed by atoms with E-state index in [1.165, 1.54) is 38.5 Å². The van der Waals surface area contributed by atoms with Gasteiger partial charge < -0.3 is 5.11 Å². The van der Waals surface area contributed by atoms with E-state index >= 15 is 0 Å². The van der Waals surface area contributed by atoms with E-state index in [0.717, 1.165) is 30.6 Å². The second kappa shape index (κ2) is 4.97. The number of hydrogen-bond acceptors (Lipinski definition) is 1. The molecule has 4 aliphatic rings. The van der Waals surface area contributed by atoms with Gasteiger partial charge in [0.05, 0.1) is 6.10 Å². The summed E-state index contributed by atoms with van der Waals surface area (Å²) in [4.78, 5) is 0. The van der Waals surface area contributed by atoms with Gasteiger partial charge in [0.15, 0.2) is 0 Å². The summed E-state index contributed by atoms with van der Waals surface area (Å²) >= 11 is 0. The third kappa shape index (κ3) is 1.87. The lowest BCUT2D eigenvalue weighted by Crippen LogP contribution is -2.47. The van der Waals surface area contributed by atoms with Crippen LogP contribution in [0.3, 0.4) is 0 Å². The van der Waals surface area contributed by atoms with Crippen LogP contribution in [-0.2, 0) is 0 Å². The number of allylic oxidation sites excluding steroid dienone is 4. The van der Waals surface area contributed by atoms with Crippen LogP contribution in [-0.4, -0.2) is 11.2 Å². The van der Waals surface area contributed by atoms with Crippen LogP contribution in [0.1, 0.15) is 72.1 Å². The van der Waals surface area contributed by atoms with Gasteiger partial charge in [0.25, 0.3) is 0 Å². The third-order valence-corrected chi connectivity index (χ3v) is 8.20. The number of hydrogen-bond donors (Lipinski definition) is 1. The predicted molar refractivity (Wildman–Crippen MR) is 91.5 cm³/mol. The first-order valence-electron chi connectivity index (χ1n) is 9.53. The standard InChI is InChI=1S/C21H32O/c1-4-14-6-8-18-17-7-5-15-13-16(22)9-11-21(15,3)19(17)10-12-20(14,18)2/h4,10,15-18,22H,5-9,11-13H2,1-3H3/b14-4-/t15-,16-,17?,18?,20-,21+/m1/s1. The molecule has 0 saturated heterocycles. The van der Waals surface area contributed by atoms with Crippen molar-refractivity contribution in [3.8, 4) is 0 Å². The Morgan fingerprint density at radius 1 is 1.14 bits per heavy atom. The van der Waals surface area contributed by atoms with Crippen molar-refractivity contribution in [2.75, 3.05) is 0 Å². The predicted octanol–water partition coefficient (Wildman–Crippen LogP) is 5.26. The van der Waals surface area contributed by atoms with Crippen molar-refractivity contribution >= 4 is 0 Å². The second-order valence-corrected chi connectivity index (χ2v) is 8.97. The van der Waals surface area contributed by atoms with Crippen LogP contribution in [0.4, 0.5) is 0 Å². The molecule has 6 atom stereocenters. The molecule has 0 aromatic rings. The van der Waals surface area contributed by atoms with E-state index in [0.29, 0.717) is 10.8 Å². The van der Waals surface area contributed by atoms with Crippen molar-refractivity contribution in [2.24, 2.45) is 28.6 Å². The van der Waals surface area contributed by atoms with E-state index in [4.69, 9.17) is 0 Å². The molecule has 1 nitrogen and oxygen atoms in total. The Morgan fingerprint density at radius 2 is 1.95 bits per heavy atom. The zero-order chi connectivity index (χ0) is 15.5. The molecule has 0 aliphatic heterocycles. The molecule has 0 aromatic carbocycles. The molecular weight excluding hydrogens is 268 g/mol. The summed E-state index contributed by atoms with van der Waals surface area (Å²) in [6.45, 7) is 7.30. The van der Waals surface area contributed by atoms with Crippen molar-refractivity contribution in [1.82, 2.24) is 0 Å². The van der Waals surface area contributed by atoms with Crippen molar-refractivity contribution < 1.29 is 5.11 Å². The van der Waals surface area contributed by atoms with Gasteiger partial charge in [-0.3, -0.25) is 0 Å². The summed E-state index contributed by atoms with van der Waals surface area (Å²) in [5.41, 5.74) is 4.36. The largest absolute Gasteiger partial charge is 0.393 e. The Kier molecular flexibility index (Phi) is 3.39. The fourth-order valence-corrected chi connectivity index (χ4v) is 6.83. The summed E-state index contributed by atoms with van der Waals surface area (Å²) in [5.74, 6) is 2.43. The van der Waals surface area contributed by atoms with Crippen molar-refractivity contribution in [1.29, 1.82) is 0 Å². The highest BCUT2D eigenvalue weighted by Gasteiger charge is 2.55. The molecule has 122 valence electrons. The number of rotatable bonds is 0. The molecule has 22 heavy (non-hydrogen) atoms. The zero-order valence-corrected chi connectivity index (χ0v) is 14.6. The molecule has 3 fully saturated rings. The first kappa shape index (κ1) is 15.0. The highest BCUT2D eigenvalue weighted by Crippen LogP contribution is 2.65. The van der Waals surface area contributed by atoms with Crippen LogP contribution in [0.5, 0.6) is 0 Å². The van der Waals surface area contributed by atoms with Crippen molar-refractivity contribution in [3.05, 3.63) is 23.3 Å². The lowest BCUT2D eigenvalue weighted by Gasteiger charge is -2.56. The van der Waals surface area contributed by atoms with E-state index in [1.807, 2.05) is 0 Å². The van der Waals surface area contributed by atoms with E-state index in [2.05, 4.69) is 32.9 Å². The molecule has 0 spiro atoms. The van der Waals surface area contributed by atoms with Gasteiger partial charge >= 0.3 is 0 Å². The van der Waals surface area contributed by atoms with E-state index in [9.17, 15) is 5.11 Å². The lowest BCUT2D eigenvalue weighted by molar-refractivity contribution is -0.00472. The van der Waals surface area contributed by atoms with Gasteiger partial charge in [-0.2, -0.15) is 0 Å². The van der Waals surface area contributed by atoms with Crippen LogP contribution in [0, 0.1) is 28.6 Å². The summed E-state index contributed by atoms with van der Waals surface area (Å²) < 4.78 is 0. The van der Waals surface area contributed by atoms with Gasteiger partial charge in [-0.25, -0.2) is 0 Å². The topological polar surface area (TPSA) is 20.2 Å². The third-order valence-electron chi connectivity index (χ3n) is 8.20. The fourth-order valence-electron chi connectivity index (χ4n) is 6.83. The average Bonchev–Trinajstić information content (AvgIpc) is 2.84. The summed E-state index contributed by atoms with van der Waals surface area (Å²) in [5, 5.41) is 10.1. The zero-order valence-electron chi connectivity index (χ0n) is 14.6. The molecule has 0 bridgehead atoms. The molecule has 0 heterocycles. The smallest absolute Gasteiger partial charge is 0.0543 e. The fraction of sp³-hybridized carbons (Fsp3) is 0.810. The Balaban J connectivity index is 1.71. The monoisotopic (exact) mass is 300 g/mol. The maximum Gasteiger partial charge on any atom is 0.0543 e. The van der Waals surface area contributed by atoms with Crippen LogP contribution in [0.2, 0.25) is 0 Å². The summed E-state index contributed by atoms with van der Waals surface area (Å²) in [6, 6.07) is 0. The maximum absolute atomic E-state index is 10.1. The van der Waals surface area contributed by atoms with Crippen LogP contribution < -0.4 is 0 Å². The van der Waals surface area contributed by atoms with E-state index in [1.54, 1.807) is 11.1 Å². The Morgan fingerprint density at radius 3 is 2.73 bits per heavy atom. The first-order chi connectivity index (χ1) is 10.5. The van der Waals surface area contributed by atoms with Gasteiger partial charge in [-0.15, -0.1) is 0 Å². The van der Waals surface area contributed by atoms with Gasteiger partial charge in [-0.05, 0) is 86.9 Å². The SMILES string of the molecule is C/C=C1/CCC2C3CC[C@@H]4C[C@H](O)CC[C@]4(C)C3=CC[C@]12C. The molecule has 1 heteroatoms. The minimum atomic E-state index is -0.0369. The molecule has 0 radical (unpaired) electrons. The van der Waals surface area contributed by atoms with Gasteiger partial charge in [0, 0.05) is 0 Å². The average molecular weight is 300 g/mol. The van der Waals surface area contributed by atoms with Crippen molar-refractivity contribution in [3.63, 3.8) is 0 Å². The maximum atomic E-state index is 10.1. The molecule has 4 aliphatic carbocycles. The van der Waals surface area contributed by atoms with Crippen LogP contribution in [0.25, 0.3) is 0 Å². The molecular formula is C21H32O. The van der Waals surface area contributed by atoms with Crippen LogP contribution >= 0.6 is 0 Å². The Bertz CT molecular complexity index is 530. The number of aliphatic hydroxyl groups is 1. The Hall–Kier alpha value is -0.560. The second-order valence-electron chi connectivity index (χ2n) is 8.97. The summed E-state index contributed by atoms with van der Waals surface area (Å²) in [6.07, 6.45) is 15.0. The van der Waals surface area contributed by atoms with E-state index < -0.39 is 0 Å². The minimum Gasteiger partial charge on any atom is -0.393 e. The first-order valence-corrected chi connectivity index (χ1v) is 9.53. The molecule has 0 aromatic heterocycles. The molecule has 4 rings (SSSR count). The highest BCUT2D eigenvalue weighted by molar-refractivity contribution is 5.34.